The highest BCUT2D eigenvalue weighted by Gasteiger charge is 2.30. The summed E-state index contributed by atoms with van der Waals surface area (Å²) in [7, 11) is -3.53. The fourth-order valence-electron chi connectivity index (χ4n) is 4.05. The average Bonchev–Trinajstić information content (AvgIpc) is 2.82. The van der Waals surface area contributed by atoms with Crippen LogP contribution in [-0.2, 0) is 10.0 Å². The summed E-state index contributed by atoms with van der Waals surface area (Å²) in [5, 5.41) is 8.78. The molecule has 4 rings (SSSR count). The van der Waals surface area contributed by atoms with Crippen molar-refractivity contribution in [3.05, 3.63) is 65.2 Å². The third kappa shape index (κ3) is 4.86. The Labute approximate surface area is 196 Å². The van der Waals surface area contributed by atoms with Gasteiger partial charge in [-0.3, -0.25) is 0 Å². The summed E-state index contributed by atoms with van der Waals surface area (Å²) in [6, 6.07) is 15.4. The van der Waals surface area contributed by atoms with Crippen LogP contribution in [-0.4, -0.2) is 55.7 Å². The lowest BCUT2D eigenvalue weighted by Gasteiger charge is -2.34. The SMILES string of the molecule is CCOc1ccc(-c2ccc(N3CCN(S(=O)(=O)c4cc(C)c(C)cc4C)CC3)nn2)cc1. The largest absolute Gasteiger partial charge is 0.494 e. The topological polar surface area (TPSA) is 75.6 Å². The van der Waals surface area contributed by atoms with Gasteiger partial charge >= 0.3 is 0 Å². The first-order valence-corrected chi connectivity index (χ1v) is 12.6. The normalized spacial score (nSPS) is 15.0. The van der Waals surface area contributed by atoms with Gasteiger partial charge in [0.2, 0.25) is 10.0 Å². The van der Waals surface area contributed by atoms with Gasteiger partial charge in [-0.25, -0.2) is 8.42 Å². The quantitative estimate of drug-likeness (QED) is 0.547. The molecule has 2 heterocycles. The first kappa shape index (κ1) is 23.2. The minimum atomic E-state index is -3.53. The van der Waals surface area contributed by atoms with Gasteiger partial charge in [0.15, 0.2) is 5.82 Å². The van der Waals surface area contributed by atoms with Gasteiger partial charge in [-0.15, -0.1) is 10.2 Å². The first-order valence-electron chi connectivity index (χ1n) is 11.2. The predicted molar refractivity (Wildman–Crippen MR) is 130 cm³/mol. The Balaban J connectivity index is 1.43. The lowest BCUT2D eigenvalue weighted by atomic mass is 10.1. The van der Waals surface area contributed by atoms with E-state index in [-0.39, 0.29) is 0 Å². The molecule has 1 fully saturated rings. The maximum atomic E-state index is 13.3. The second kappa shape index (κ2) is 9.49. The van der Waals surface area contributed by atoms with Crippen LogP contribution in [0, 0.1) is 20.8 Å². The van der Waals surface area contributed by atoms with E-state index in [9.17, 15) is 8.42 Å². The Kier molecular flexibility index (Phi) is 6.67. The number of anilines is 1. The van der Waals surface area contributed by atoms with Crippen molar-refractivity contribution in [1.82, 2.24) is 14.5 Å². The van der Waals surface area contributed by atoms with Crippen LogP contribution in [0.2, 0.25) is 0 Å². The van der Waals surface area contributed by atoms with Gasteiger partial charge in [0.1, 0.15) is 5.75 Å². The second-order valence-electron chi connectivity index (χ2n) is 8.33. The molecule has 0 bridgehead atoms. The standard InChI is InChI=1S/C25H30N4O3S/c1-5-32-22-8-6-21(7-9-22)23-10-11-25(27-26-23)28-12-14-29(15-13-28)33(30,31)24-17-19(3)18(2)16-20(24)4/h6-11,16-17H,5,12-15H2,1-4H3. The number of benzene rings is 2. The van der Waals surface area contributed by atoms with Crippen LogP contribution in [0.4, 0.5) is 5.82 Å². The van der Waals surface area contributed by atoms with E-state index in [0.29, 0.717) is 37.7 Å². The summed E-state index contributed by atoms with van der Waals surface area (Å²) in [5.41, 5.74) is 4.63. The van der Waals surface area contributed by atoms with Crippen LogP contribution < -0.4 is 9.64 Å². The molecule has 1 aliphatic heterocycles. The lowest BCUT2D eigenvalue weighted by Crippen LogP contribution is -2.49. The maximum Gasteiger partial charge on any atom is 0.243 e. The zero-order valence-corrected chi connectivity index (χ0v) is 20.4. The van der Waals surface area contributed by atoms with E-state index in [1.54, 1.807) is 10.4 Å². The van der Waals surface area contributed by atoms with Crippen LogP contribution in [0.3, 0.4) is 0 Å². The Bertz CT molecular complexity index is 1220. The Hall–Kier alpha value is -2.97. The molecule has 7 nitrogen and oxygen atoms in total. The zero-order valence-electron chi connectivity index (χ0n) is 19.6. The van der Waals surface area contributed by atoms with E-state index in [1.807, 2.05) is 70.2 Å². The molecule has 1 saturated heterocycles. The highest BCUT2D eigenvalue weighted by atomic mass is 32.2. The summed E-state index contributed by atoms with van der Waals surface area (Å²) in [6.07, 6.45) is 0. The molecule has 0 spiro atoms. The number of hydrogen-bond donors (Lipinski definition) is 0. The molecule has 0 N–H and O–H groups in total. The number of aromatic nitrogens is 2. The Morgan fingerprint density at radius 1 is 0.848 bits per heavy atom. The summed E-state index contributed by atoms with van der Waals surface area (Å²) in [4.78, 5) is 2.48. The molecule has 0 atom stereocenters. The van der Waals surface area contributed by atoms with Crippen LogP contribution >= 0.6 is 0 Å². The second-order valence-corrected chi connectivity index (χ2v) is 10.2. The van der Waals surface area contributed by atoms with E-state index >= 15 is 0 Å². The van der Waals surface area contributed by atoms with E-state index < -0.39 is 10.0 Å². The van der Waals surface area contributed by atoms with Crippen LogP contribution in [0.5, 0.6) is 5.75 Å². The summed E-state index contributed by atoms with van der Waals surface area (Å²) < 4.78 is 33.6. The van der Waals surface area contributed by atoms with Crippen molar-refractivity contribution in [1.29, 1.82) is 0 Å². The Morgan fingerprint density at radius 3 is 2.12 bits per heavy atom. The molecular formula is C25H30N4O3S. The van der Waals surface area contributed by atoms with Crippen molar-refractivity contribution in [2.45, 2.75) is 32.6 Å². The van der Waals surface area contributed by atoms with Crippen molar-refractivity contribution in [2.24, 2.45) is 0 Å². The van der Waals surface area contributed by atoms with Gasteiger partial charge in [-0.1, -0.05) is 6.07 Å². The van der Waals surface area contributed by atoms with E-state index in [2.05, 4.69) is 15.1 Å². The van der Waals surface area contributed by atoms with Crippen LogP contribution in [0.15, 0.2) is 53.4 Å². The van der Waals surface area contributed by atoms with Crippen molar-refractivity contribution < 1.29 is 13.2 Å². The van der Waals surface area contributed by atoms with Crippen molar-refractivity contribution in [3.63, 3.8) is 0 Å². The van der Waals surface area contributed by atoms with Crippen LogP contribution in [0.1, 0.15) is 23.6 Å². The zero-order chi connectivity index (χ0) is 23.6. The summed E-state index contributed by atoms with van der Waals surface area (Å²) in [6.45, 7) is 10.4. The molecule has 3 aromatic rings. The van der Waals surface area contributed by atoms with Gasteiger partial charge in [-0.05, 0) is 86.8 Å². The number of sulfonamides is 1. The fraction of sp³-hybridized carbons (Fsp3) is 0.360. The van der Waals surface area contributed by atoms with E-state index in [4.69, 9.17) is 4.74 Å². The number of rotatable bonds is 6. The number of hydrogen-bond acceptors (Lipinski definition) is 6. The number of ether oxygens (including phenoxy) is 1. The minimum Gasteiger partial charge on any atom is -0.494 e. The Morgan fingerprint density at radius 2 is 1.52 bits per heavy atom. The molecular weight excluding hydrogens is 436 g/mol. The molecule has 1 aliphatic rings. The minimum absolute atomic E-state index is 0.401. The molecule has 0 amide bonds. The monoisotopic (exact) mass is 466 g/mol. The summed E-state index contributed by atoms with van der Waals surface area (Å²) >= 11 is 0. The van der Waals surface area contributed by atoms with Crippen LogP contribution in [0.25, 0.3) is 11.3 Å². The molecule has 1 aromatic heterocycles. The van der Waals surface area contributed by atoms with E-state index in [1.165, 1.54) is 0 Å². The molecule has 33 heavy (non-hydrogen) atoms. The van der Waals surface area contributed by atoms with Gasteiger partial charge in [-0.2, -0.15) is 4.31 Å². The highest BCUT2D eigenvalue weighted by Crippen LogP contribution is 2.26. The number of aryl methyl sites for hydroxylation is 3. The predicted octanol–water partition coefficient (Wildman–Crippen LogP) is 3.98. The van der Waals surface area contributed by atoms with Crippen molar-refractivity contribution >= 4 is 15.8 Å². The molecule has 0 unspecified atom stereocenters. The summed E-state index contributed by atoms with van der Waals surface area (Å²) in [5.74, 6) is 1.58. The fourth-order valence-corrected chi connectivity index (χ4v) is 5.76. The van der Waals surface area contributed by atoms with Gasteiger partial charge in [0.05, 0.1) is 17.2 Å². The molecule has 0 aliphatic carbocycles. The molecule has 0 radical (unpaired) electrons. The molecule has 2 aromatic carbocycles. The van der Waals surface area contributed by atoms with E-state index in [0.717, 1.165) is 39.5 Å². The van der Waals surface area contributed by atoms with Gasteiger partial charge in [0.25, 0.3) is 0 Å². The maximum absolute atomic E-state index is 13.3. The number of nitrogens with zero attached hydrogens (tertiary/aromatic N) is 4. The average molecular weight is 467 g/mol. The van der Waals surface area contributed by atoms with Gasteiger partial charge in [0, 0.05) is 31.7 Å². The molecule has 8 heteroatoms. The smallest absolute Gasteiger partial charge is 0.243 e. The third-order valence-electron chi connectivity index (χ3n) is 6.08. The first-order chi connectivity index (χ1) is 15.8. The third-order valence-corrected chi connectivity index (χ3v) is 8.12. The van der Waals surface area contributed by atoms with Crippen molar-refractivity contribution in [3.8, 4) is 17.0 Å². The number of piperazine rings is 1. The molecule has 174 valence electrons. The van der Waals surface area contributed by atoms with Gasteiger partial charge < -0.3 is 9.64 Å². The van der Waals surface area contributed by atoms with Crippen molar-refractivity contribution in [2.75, 3.05) is 37.7 Å². The lowest BCUT2D eigenvalue weighted by molar-refractivity contribution is 0.340. The highest BCUT2D eigenvalue weighted by molar-refractivity contribution is 7.89. The molecule has 0 saturated carbocycles.